The average Bonchev–Trinajstić information content (AvgIpc) is 2.54. The minimum Gasteiger partial charge on any atom is -0.478 e. The van der Waals surface area contributed by atoms with Gasteiger partial charge in [0.1, 0.15) is 11.5 Å². The maximum Gasteiger partial charge on any atom is 0.335 e. The number of carboxylic acids is 2. The second kappa shape index (κ2) is 6.81. The Balaban J connectivity index is 2.66. The van der Waals surface area contributed by atoms with Gasteiger partial charge in [-0.25, -0.2) is 9.59 Å². The molecule has 8 heteroatoms. The van der Waals surface area contributed by atoms with Gasteiger partial charge in [-0.1, -0.05) is 0 Å². The van der Waals surface area contributed by atoms with E-state index in [0.29, 0.717) is 0 Å². The van der Waals surface area contributed by atoms with E-state index in [9.17, 15) is 9.59 Å². The van der Waals surface area contributed by atoms with E-state index in [-0.39, 0.29) is 33.8 Å². The summed E-state index contributed by atoms with van der Waals surface area (Å²) in [6.07, 6.45) is 2.87. The molecule has 0 atom stereocenters. The van der Waals surface area contributed by atoms with E-state index < -0.39 is 11.9 Å². The van der Waals surface area contributed by atoms with Crippen molar-refractivity contribution in [2.45, 2.75) is 0 Å². The molecule has 0 radical (unpaired) electrons. The van der Waals surface area contributed by atoms with Gasteiger partial charge in [0, 0.05) is 0 Å². The first-order valence-electron chi connectivity index (χ1n) is 6.33. The van der Waals surface area contributed by atoms with E-state index in [1.807, 2.05) is 0 Å². The van der Waals surface area contributed by atoms with Gasteiger partial charge in [0.05, 0.1) is 11.1 Å². The molecule has 0 bridgehead atoms. The lowest BCUT2D eigenvalue weighted by atomic mass is 10.00. The van der Waals surface area contributed by atoms with Crippen LogP contribution in [0.15, 0.2) is 36.4 Å². The fourth-order valence-corrected chi connectivity index (χ4v) is 2.00. The average molecular weight is 324 g/mol. The third-order valence-corrected chi connectivity index (χ3v) is 2.97. The summed E-state index contributed by atoms with van der Waals surface area (Å²) in [5, 5.41) is 35.4. The highest BCUT2D eigenvalue weighted by Crippen LogP contribution is 2.30. The maximum absolute atomic E-state index is 11.2. The highest BCUT2D eigenvalue weighted by molar-refractivity contribution is 5.92. The van der Waals surface area contributed by atoms with Crippen molar-refractivity contribution in [3.05, 3.63) is 47.5 Å². The number of benzene rings is 2. The van der Waals surface area contributed by atoms with Crippen LogP contribution in [0.1, 0.15) is 20.7 Å². The van der Waals surface area contributed by atoms with Gasteiger partial charge in [0.25, 0.3) is 12.5 Å². The van der Waals surface area contributed by atoms with Gasteiger partial charge in [-0.3, -0.25) is 0 Å². The van der Waals surface area contributed by atoms with E-state index in [4.69, 9.17) is 20.7 Å². The van der Waals surface area contributed by atoms with Crippen LogP contribution in [0.5, 0.6) is 11.5 Å². The predicted octanol–water partition coefficient (Wildman–Crippen LogP) is 2.47. The number of nitriles is 2. The van der Waals surface area contributed by atoms with Crippen molar-refractivity contribution in [2.75, 3.05) is 0 Å². The standard InChI is InChI=1S/C16H8N2O6/c17-7-23-13-3-9(1-11(5-13)15(19)20)10-2-12(16(21)22)6-14(4-10)24-8-18/h1-6H,(H,19,20)(H,21,22). The quantitative estimate of drug-likeness (QED) is 0.799. The van der Waals surface area contributed by atoms with Crippen LogP contribution < -0.4 is 9.47 Å². The summed E-state index contributed by atoms with van der Waals surface area (Å²) in [7, 11) is 0. The summed E-state index contributed by atoms with van der Waals surface area (Å²) in [6, 6.07) is 7.61. The fourth-order valence-electron chi connectivity index (χ4n) is 2.00. The van der Waals surface area contributed by atoms with Crippen LogP contribution in [0.3, 0.4) is 0 Å². The van der Waals surface area contributed by atoms with Crippen LogP contribution in [-0.2, 0) is 0 Å². The third kappa shape index (κ3) is 3.59. The summed E-state index contributed by atoms with van der Waals surface area (Å²) >= 11 is 0. The first-order chi connectivity index (χ1) is 11.4. The molecule has 0 aromatic heterocycles. The summed E-state index contributed by atoms with van der Waals surface area (Å²) < 4.78 is 9.31. The van der Waals surface area contributed by atoms with E-state index in [0.717, 1.165) is 12.1 Å². The molecule has 2 N–H and O–H groups in total. The lowest BCUT2D eigenvalue weighted by Crippen LogP contribution is -2.00. The zero-order valence-corrected chi connectivity index (χ0v) is 11.9. The van der Waals surface area contributed by atoms with Crippen LogP contribution in [0.25, 0.3) is 11.1 Å². The molecule has 0 heterocycles. The number of aromatic carboxylic acids is 2. The zero-order valence-electron chi connectivity index (χ0n) is 11.9. The summed E-state index contributed by atoms with van der Waals surface area (Å²) in [5.74, 6) is -2.53. The molecule has 118 valence electrons. The Hall–Kier alpha value is -4.04. The van der Waals surface area contributed by atoms with E-state index in [2.05, 4.69) is 9.47 Å². The molecule has 2 aromatic rings. The molecular formula is C16H8N2O6. The Morgan fingerprint density at radius 3 is 1.42 bits per heavy atom. The molecule has 0 unspecified atom stereocenters. The van der Waals surface area contributed by atoms with Crippen molar-refractivity contribution in [3.63, 3.8) is 0 Å². The molecule has 0 aliphatic heterocycles. The van der Waals surface area contributed by atoms with Crippen LogP contribution in [-0.4, -0.2) is 22.2 Å². The van der Waals surface area contributed by atoms with Crippen LogP contribution in [0, 0.1) is 23.0 Å². The highest BCUT2D eigenvalue weighted by atomic mass is 16.5. The van der Waals surface area contributed by atoms with Crippen molar-refractivity contribution in [1.29, 1.82) is 10.5 Å². The number of carbonyl (C=O) groups is 2. The second-order valence-corrected chi connectivity index (χ2v) is 4.49. The minimum atomic E-state index is -1.25. The van der Waals surface area contributed by atoms with Crippen molar-refractivity contribution in [2.24, 2.45) is 0 Å². The molecule has 0 spiro atoms. The minimum absolute atomic E-state index is 0.0177. The van der Waals surface area contributed by atoms with Crippen molar-refractivity contribution in [3.8, 4) is 35.1 Å². The number of nitrogens with zero attached hydrogens (tertiary/aromatic N) is 2. The third-order valence-electron chi connectivity index (χ3n) is 2.97. The second-order valence-electron chi connectivity index (χ2n) is 4.49. The fraction of sp³-hybridized carbons (Fsp3) is 0. The Labute approximate surface area is 135 Å². The van der Waals surface area contributed by atoms with Gasteiger partial charge in [-0.05, 0) is 47.5 Å². The number of rotatable bonds is 5. The maximum atomic E-state index is 11.2. The van der Waals surface area contributed by atoms with E-state index >= 15 is 0 Å². The number of ether oxygens (including phenoxy) is 2. The number of carboxylic acid groups (broad SMARTS) is 2. The molecule has 0 aliphatic carbocycles. The van der Waals surface area contributed by atoms with Gasteiger partial charge in [0.15, 0.2) is 0 Å². The van der Waals surface area contributed by atoms with Gasteiger partial charge in [0.2, 0.25) is 0 Å². The first kappa shape index (κ1) is 16.3. The lowest BCUT2D eigenvalue weighted by molar-refractivity contribution is 0.0685. The Morgan fingerprint density at radius 2 is 1.12 bits per heavy atom. The number of hydrogen-bond acceptors (Lipinski definition) is 6. The molecule has 2 rings (SSSR count). The van der Waals surface area contributed by atoms with Crippen LogP contribution in [0.4, 0.5) is 0 Å². The van der Waals surface area contributed by atoms with Gasteiger partial charge in [-0.2, -0.15) is 0 Å². The molecular weight excluding hydrogens is 316 g/mol. The molecule has 24 heavy (non-hydrogen) atoms. The smallest absolute Gasteiger partial charge is 0.335 e. The highest BCUT2D eigenvalue weighted by Gasteiger charge is 2.13. The molecule has 0 aliphatic rings. The Morgan fingerprint density at radius 1 is 0.750 bits per heavy atom. The summed E-state index contributed by atoms with van der Waals surface area (Å²) in [5.41, 5.74) is 0.263. The lowest BCUT2D eigenvalue weighted by Gasteiger charge is -2.08. The summed E-state index contributed by atoms with van der Waals surface area (Å²) in [6.45, 7) is 0. The molecule has 8 nitrogen and oxygen atoms in total. The SMILES string of the molecule is N#COc1cc(C(=O)O)cc(-c2cc(OC#N)cc(C(=O)O)c2)c1. The molecule has 0 amide bonds. The molecule has 2 aromatic carbocycles. The Bertz CT molecular complexity index is 832. The largest absolute Gasteiger partial charge is 0.478 e. The van der Waals surface area contributed by atoms with Crippen molar-refractivity contribution < 1.29 is 29.3 Å². The van der Waals surface area contributed by atoms with Gasteiger partial charge < -0.3 is 19.7 Å². The van der Waals surface area contributed by atoms with Crippen LogP contribution >= 0.6 is 0 Å². The molecule has 0 saturated carbocycles. The Kier molecular flexibility index (Phi) is 4.64. The number of hydrogen-bond donors (Lipinski definition) is 2. The normalized spacial score (nSPS) is 9.42. The molecule has 0 fully saturated rings. The monoisotopic (exact) mass is 324 g/mol. The van der Waals surface area contributed by atoms with Crippen molar-refractivity contribution >= 4 is 11.9 Å². The summed E-state index contributed by atoms with van der Waals surface area (Å²) in [4.78, 5) is 22.4. The van der Waals surface area contributed by atoms with Crippen molar-refractivity contribution in [1.82, 2.24) is 0 Å². The van der Waals surface area contributed by atoms with E-state index in [1.165, 1.54) is 36.8 Å². The topological polar surface area (TPSA) is 141 Å². The van der Waals surface area contributed by atoms with Gasteiger partial charge in [-0.15, -0.1) is 10.5 Å². The van der Waals surface area contributed by atoms with E-state index in [1.54, 1.807) is 0 Å². The first-order valence-corrected chi connectivity index (χ1v) is 6.33. The van der Waals surface area contributed by atoms with Crippen LogP contribution in [0.2, 0.25) is 0 Å². The molecule has 0 saturated heterocycles. The predicted molar refractivity (Wildman–Crippen MR) is 78.3 cm³/mol. The zero-order chi connectivity index (χ0) is 17.7. The van der Waals surface area contributed by atoms with Gasteiger partial charge >= 0.3 is 11.9 Å².